The van der Waals surface area contributed by atoms with Crippen LogP contribution in [0.2, 0.25) is 0 Å². The van der Waals surface area contributed by atoms with Crippen molar-refractivity contribution in [2.24, 2.45) is 0 Å². The molecular weight excluding hydrogens is 276 g/mol. The number of hydrogen-bond acceptors (Lipinski definition) is 4. The van der Waals surface area contributed by atoms with Gasteiger partial charge in [0, 0.05) is 25.3 Å². The molecule has 112 valence electrons. The Hall–Kier alpha value is -1.40. The Labute approximate surface area is 120 Å². The van der Waals surface area contributed by atoms with Crippen molar-refractivity contribution in [2.45, 2.75) is 37.8 Å². The summed E-state index contributed by atoms with van der Waals surface area (Å²) in [6, 6.07) is 6.68. The van der Waals surface area contributed by atoms with Crippen molar-refractivity contribution >= 4 is 15.7 Å². The Morgan fingerprint density at radius 2 is 1.85 bits per heavy atom. The summed E-state index contributed by atoms with van der Waals surface area (Å²) in [6.45, 7) is 5.20. The van der Waals surface area contributed by atoms with Crippen LogP contribution in [0.5, 0.6) is 0 Å². The average molecular weight is 298 g/mol. The first kappa shape index (κ1) is 16.7. The highest BCUT2D eigenvalue weighted by Gasteiger charge is 2.08. The third-order valence-electron chi connectivity index (χ3n) is 2.89. The van der Waals surface area contributed by atoms with Crippen LogP contribution in [-0.2, 0) is 21.2 Å². The van der Waals surface area contributed by atoms with E-state index >= 15 is 0 Å². The highest BCUT2D eigenvalue weighted by molar-refractivity contribution is 7.90. The van der Waals surface area contributed by atoms with Crippen LogP contribution in [0.15, 0.2) is 29.2 Å². The van der Waals surface area contributed by atoms with Gasteiger partial charge in [0.05, 0.1) is 4.90 Å². The quantitative estimate of drug-likeness (QED) is 0.790. The van der Waals surface area contributed by atoms with Crippen molar-refractivity contribution in [1.82, 2.24) is 10.6 Å². The van der Waals surface area contributed by atoms with E-state index in [9.17, 15) is 13.2 Å². The van der Waals surface area contributed by atoms with Crippen molar-refractivity contribution < 1.29 is 13.2 Å². The summed E-state index contributed by atoms with van der Waals surface area (Å²) in [7, 11) is -3.17. The van der Waals surface area contributed by atoms with Gasteiger partial charge in [0.2, 0.25) is 5.91 Å². The van der Waals surface area contributed by atoms with Crippen molar-refractivity contribution in [3.05, 3.63) is 29.8 Å². The number of carbonyl (C=O) groups excluding carboxylic acids is 1. The first-order chi connectivity index (χ1) is 9.32. The van der Waals surface area contributed by atoms with Crippen LogP contribution in [0.25, 0.3) is 0 Å². The van der Waals surface area contributed by atoms with E-state index in [2.05, 4.69) is 10.6 Å². The molecule has 1 aromatic carbocycles. The zero-order valence-corrected chi connectivity index (χ0v) is 13.0. The van der Waals surface area contributed by atoms with Crippen LogP contribution in [0.3, 0.4) is 0 Å². The van der Waals surface area contributed by atoms with Crippen molar-refractivity contribution in [3.8, 4) is 0 Å². The number of sulfone groups is 1. The molecular formula is C14H22N2O3S. The van der Waals surface area contributed by atoms with Gasteiger partial charge in [0.15, 0.2) is 9.84 Å². The molecule has 0 saturated carbocycles. The van der Waals surface area contributed by atoms with Gasteiger partial charge in [-0.25, -0.2) is 8.42 Å². The second kappa shape index (κ2) is 7.40. The summed E-state index contributed by atoms with van der Waals surface area (Å²) < 4.78 is 22.6. The highest BCUT2D eigenvalue weighted by atomic mass is 32.2. The number of carbonyl (C=O) groups is 1. The topological polar surface area (TPSA) is 75.3 Å². The molecule has 0 fully saturated rings. The molecule has 20 heavy (non-hydrogen) atoms. The lowest BCUT2D eigenvalue weighted by atomic mass is 10.2. The molecule has 0 spiro atoms. The Kier molecular flexibility index (Phi) is 6.16. The van der Waals surface area contributed by atoms with E-state index < -0.39 is 9.84 Å². The molecule has 0 heterocycles. The molecule has 0 bridgehead atoms. The molecule has 1 atom stereocenters. The SMILES string of the molecule is CCNC(C)CC(=O)NCc1ccc(S(C)(=O)=O)cc1. The monoisotopic (exact) mass is 298 g/mol. The third-order valence-corrected chi connectivity index (χ3v) is 4.01. The van der Waals surface area contributed by atoms with Crippen molar-refractivity contribution in [2.75, 3.05) is 12.8 Å². The Morgan fingerprint density at radius 1 is 1.25 bits per heavy atom. The van der Waals surface area contributed by atoms with Gasteiger partial charge in [-0.3, -0.25) is 4.79 Å². The largest absolute Gasteiger partial charge is 0.352 e. The standard InChI is InChI=1S/C14H22N2O3S/c1-4-15-11(2)9-14(17)16-10-12-5-7-13(8-6-12)20(3,18)19/h5-8,11,15H,4,9-10H2,1-3H3,(H,16,17). The molecule has 2 N–H and O–H groups in total. The van der Waals surface area contributed by atoms with E-state index in [4.69, 9.17) is 0 Å². The predicted octanol–water partition coefficient (Wildman–Crippen LogP) is 1.09. The molecule has 1 amide bonds. The molecule has 6 heteroatoms. The fourth-order valence-corrected chi connectivity index (χ4v) is 2.46. The van der Waals surface area contributed by atoms with E-state index in [0.717, 1.165) is 12.1 Å². The molecule has 0 radical (unpaired) electrons. The molecule has 1 unspecified atom stereocenters. The molecule has 0 aromatic heterocycles. The maximum atomic E-state index is 11.7. The van der Waals surface area contributed by atoms with Gasteiger partial charge in [-0.1, -0.05) is 19.1 Å². The van der Waals surface area contributed by atoms with Gasteiger partial charge in [-0.2, -0.15) is 0 Å². The Balaban J connectivity index is 2.48. The number of rotatable bonds is 7. The summed E-state index contributed by atoms with van der Waals surface area (Å²) in [4.78, 5) is 12.0. The van der Waals surface area contributed by atoms with Crippen LogP contribution in [-0.4, -0.2) is 33.2 Å². The van der Waals surface area contributed by atoms with E-state index in [1.165, 1.54) is 6.26 Å². The van der Waals surface area contributed by atoms with Gasteiger partial charge in [-0.15, -0.1) is 0 Å². The average Bonchev–Trinajstić information content (AvgIpc) is 2.36. The minimum absolute atomic E-state index is 0.0226. The Morgan fingerprint density at radius 3 is 2.35 bits per heavy atom. The van der Waals surface area contributed by atoms with E-state index in [1.807, 2.05) is 13.8 Å². The zero-order valence-electron chi connectivity index (χ0n) is 12.1. The van der Waals surface area contributed by atoms with Crippen molar-refractivity contribution in [1.29, 1.82) is 0 Å². The Bertz CT molecular complexity index is 538. The van der Waals surface area contributed by atoms with E-state index in [1.54, 1.807) is 24.3 Å². The first-order valence-corrected chi connectivity index (χ1v) is 8.51. The molecule has 1 rings (SSSR count). The van der Waals surface area contributed by atoms with Gasteiger partial charge >= 0.3 is 0 Å². The van der Waals surface area contributed by atoms with E-state index in [-0.39, 0.29) is 16.8 Å². The number of benzene rings is 1. The molecule has 0 aliphatic carbocycles. The fraction of sp³-hybridized carbons (Fsp3) is 0.500. The molecule has 0 aliphatic rings. The summed E-state index contributed by atoms with van der Waals surface area (Å²) in [5.74, 6) is -0.0226. The molecule has 0 aliphatic heterocycles. The van der Waals surface area contributed by atoms with Crippen molar-refractivity contribution in [3.63, 3.8) is 0 Å². The van der Waals surface area contributed by atoms with Gasteiger partial charge in [0.25, 0.3) is 0 Å². The number of nitrogens with one attached hydrogen (secondary N) is 2. The zero-order chi connectivity index (χ0) is 15.2. The van der Waals surface area contributed by atoms with E-state index in [0.29, 0.717) is 13.0 Å². The summed E-state index contributed by atoms with van der Waals surface area (Å²) in [6.07, 6.45) is 1.60. The second-order valence-electron chi connectivity index (χ2n) is 4.86. The highest BCUT2D eigenvalue weighted by Crippen LogP contribution is 2.10. The maximum absolute atomic E-state index is 11.7. The summed E-state index contributed by atoms with van der Waals surface area (Å²) in [5, 5.41) is 5.99. The number of hydrogen-bond donors (Lipinski definition) is 2. The van der Waals surface area contributed by atoms with Gasteiger partial charge in [-0.05, 0) is 31.2 Å². The number of amides is 1. The minimum atomic E-state index is -3.17. The molecule has 1 aromatic rings. The van der Waals surface area contributed by atoms with Crippen LogP contribution >= 0.6 is 0 Å². The second-order valence-corrected chi connectivity index (χ2v) is 6.87. The van der Waals surface area contributed by atoms with Gasteiger partial charge < -0.3 is 10.6 Å². The molecule has 0 saturated heterocycles. The lowest BCUT2D eigenvalue weighted by molar-refractivity contribution is -0.121. The summed E-state index contributed by atoms with van der Waals surface area (Å²) in [5.41, 5.74) is 0.877. The van der Waals surface area contributed by atoms with Crippen LogP contribution in [0.4, 0.5) is 0 Å². The summed E-state index contributed by atoms with van der Waals surface area (Å²) >= 11 is 0. The maximum Gasteiger partial charge on any atom is 0.221 e. The first-order valence-electron chi connectivity index (χ1n) is 6.62. The van der Waals surface area contributed by atoms with Gasteiger partial charge in [0.1, 0.15) is 0 Å². The van der Waals surface area contributed by atoms with Crippen LogP contribution < -0.4 is 10.6 Å². The smallest absolute Gasteiger partial charge is 0.221 e. The minimum Gasteiger partial charge on any atom is -0.352 e. The van der Waals surface area contributed by atoms with Crippen LogP contribution in [0, 0.1) is 0 Å². The third kappa shape index (κ3) is 5.71. The lowest BCUT2D eigenvalue weighted by Crippen LogP contribution is -2.33. The lowest BCUT2D eigenvalue weighted by Gasteiger charge is -2.12. The molecule has 5 nitrogen and oxygen atoms in total. The normalized spacial score (nSPS) is 12.9. The predicted molar refractivity (Wildman–Crippen MR) is 79.2 cm³/mol. The fourth-order valence-electron chi connectivity index (χ4n) is 1.83. The van der Waals surface area contributed by atoms with Crippen LogP contribution in [0.1, 0.15) is 25.8 Å².